The van der Waals surface area contributed by atoms with Crippen LogP contribution in [0.25, 0.3) is 0 Å². The zero-order valence-corrected chi connectivity index (χ0v) is 6.20. The average Bonchev–Trinajstić information content (AvgIpc) is 2.06. The molecule has 0 saturated heterocycles. The van der Waals surface area contributed by atoms with Crippen LogP contribution < -0.4 is 11.6 Å². The minimum Gasteiger partial charge on any atom is -0.385 e. The van der Waals surface area contributed by atoms with Crippen molar-refractivity contribution in [3.05, 3.63) is 35.9 Å². The van der Waals surface area contributed by atoms with Crippen LogP contribution in [0.2, 0.25) is 0 Å². The number of hydrogen-bond donors (Lipinski definition) is 2. The van der Waals surface area contributed by atoms with E-state index in [-0.39, 0.29) is 0 Å². The Morgan fingerprint density at radius 1 is 1.27 bits per heavy atom. The Kier molecular flexibility index (Phi) is 2.49. The van der Waals surface area contributed by atoms with E-state index in [2.05, 4.69) is 5.10 Å². The molecule has 1 aromatic rings. The van der Waals surface area contributed by atoms with E-state index in [9.17, 15) is 0 Å². The first-order valence-corrected chi connectivity index (χ1v) is 3.39. The van der Waals surface area contributed by atoms with Crippen LogP contribution in [0.4, 0.5) is 0 Å². The molecule has 0 fully saturated rings. The number of nitrogens with two attached hydrogens (primary N) is 2. The van der Waals surface area contributed by atoms with Crippen molar-refractivity contribution < 1.29 is 0 Å². The van der Waals surface area contributed by atoms with Gasteiger partial charge in [0.25, 0.3) is 0 Å². The molecule has 0 heterocycles. The summed E-state index contributed by atoms with van der Waals surface area (Å²) < 4.78 is 0. The van der Waals surface area contributed by atoms with Crippen molar-refractivity contribution >= 4 is 5.84 Å². The van der Waals surface area contributed by atoms with E-state index in [1.54, 1.807) is 0 Å². The summed E-state index contributed by atoms with van der Waals surface area (Å²) in [6, 6.07) is 9.84. The largest absolute Gasteiger partial charge is 0.385 e. The Balaban J connectivity index is 2.65. The molecule has 1 aromatic carbocycles. The Bertz CT molecular complexity index is 241. The van der Waals surface area contributed by atoms with E-state index in [1.165, 1.54) is 0 Å². The first-order chi connectivity index (χ1) is 5.33. The second kappa shape index (κ2) is 3.61. The maximum Gasteiger partial charge on any atom is 0.123 e. The molecular weight excluding hydrogens is 138 g/mol. The van der Waals surface area contributed by atoms with Crippen LogP contribution >= 0.6 is 0 Å². The van der Waals surface area contributed by atoms with Gasteiger partial charge in [0.15, 0.2) is 0 Å². The van der Waals surface area contributed by atoms with Gasteiger partial charge in [0.05, 0.1) is 0 Å². The number of benzene rings is 1. The Morgan fingerprint density at radius 2 is 1.91 bits per heavy atom. The van der Waals surface area contributed by atoms with Gasteiger partial charge >= 0.3 is 0 Å². The average molecular weight is 149 g/mol. The predicted octanol–water partition coefficient (Wildman–Crippen LogP) is 0.460. The standard InChI is InChI=1S/C8H11N3/c9-8(11-10)6-7-4-2-1-3-5-7/h1-5H,6,10H2,(H2,9,11). The number of nitrogens with zero attached hydrogens (tertiary/aromatic N) is 1. The van der Waals surface area contributed by atoms with Gasteiger partial charge in [0.2, 0.25) is 0 Å². The molecule has 0 aliphatic carbocycles. The maximum absolute atomic E-state index is 5.43. The lowest BCUT2D eigenvalue weighted by molar-refractivity contribution is 1.17. The van der Waals surface area contributed by atoms with Gasteiger partial charge in [-0.2, -0.15) is 5.10 Å². The van der Waals surface area contributed by atoms with Crippen molar-refractivity contribution in [2.24, 2.45) is 16.7 Å². The summed E-state index contributed by atoms with van der Waals surface area (Å²) in [5.74, 6) is 5.44. The zero-order chi connectivity index (χ0) is 8.10. The molecule has 0 aromatic heterocycles. The van der Waals surface area contributed by atoms with Gasteiger partial charge in [-0.25, -0.2) is 0 Å². The summed E-state index contributed by atoms with van der Waals surface area (Å²) in [7, 11) is 0. The lowest BCUT2D eigenvalue weighted by Gasteiger charge is -1.97. The van der Waals surface area contributed by atoms with E-state index in [0.717, 1.165) is 5.56 Å². The smallest absolute Gasteiger partial charge is 0.123 e. The van der Waals surface area contributed by atoms with Gasteiger partial charge in [0, 0.05) is 6.42 Å². The molecule has 0 bridgehead atoms. The van der Waals surface area contributed by atoms with Gasteiger partial charge in [-0.05, 0) is 5.56 Å². The lowest BCUT2D eigenvalue weighted by Crippen LogP contribution is -2.16. The molecular formula is C8H11N3. The Morgan fingerprint density at radius 3 is 2.45 bits per heavy atom. The molecule has 3 nitrogen and oxygen atoms in total. The summed E-state index contributed by atoms with van der Waals surface area (Å²) in [6.45, 7) is 0. The minimum atomic E-state index is 0.455. The third-order valence-corrected chi connectivity index (χ3v) is 1.39. The van der Waals surface area contributed by atoms with Gasteiger partial charge in [0.1, 0.15) is 5.84 Å². The SMILES string of the molecule is N/N=C(\N)Cc1ccccc1. The first-order valence-electron chi connectivity index (χ1n) is 3.39. The van der Waals surface area contributed by atoms with Gasteiger partial charge in [-0.1, -0.05) is 30.3 Å². The fourth-order valence-electron chi connectivity index (χ4n) is 0.851. The van der Waals surface area contributed by atoms with E-state index in [1.807, 2.05) is 30.3 Å². The van der Waals surface area contributed by atoms with Crippen LogP contribution in [0.5, 0.6) is 0 Å². The second-order valence-corrected chi connectivity index (χ2v) is 2.28. The molecule has 0 aliphatic heterocycles. The summed E-state index contributed by atoms with van der Waals surface area (Å²) in [4.78, 5) is 0. The predicted molar refractivity (Wildman–Crippen MR) is 46.0 cm³/mol. The van der Waals surface area contributed by atoms with Gasteiger partial charge in [-0.3, -0.25) is 0 Å². The van der Waals surface area contributed by atoms with Crippen molar-refractivity contribution in [2.45, 2.75) is 6.42 Å². The van der Waals surface area contributed by atoms with Crippen LogP contribution in [0.15, 0.2) is 35.4 Å². The fraction of sp³-hybridized carbons (Fsp3) is 0.125. The third-order valence-electron chi connectivity index (χ3n) is 1.39. The highest BCUT2D eigenvalue weighted by atomic mass is 15.1. The minimum absolute atomic E-state index is 0.455. The molecule has 0 saturated carbocycles. The van der Waals surface area contributed by atoms with Crippen molar-refractivity contribution in [3.8, 4) is 0 Å². The monoisotopic (exact) mass is 149 g/mol. The highest BCUT2D eigenvalue weighted by molar-refractivity contribution is 5.82. The maximum atomic E-state index is 5.43. The highest BCUT2D eigenvalue weighted by Crippen LogP contribution is 1.98. The van der Waals surface area contributed by atoms with Crippen molar-refractivity contribution in [1.82, 2.24) is 0 Å². The zero-order valence-electron chi connectivity index (χ0n) is 6.20. The van der Waals surface area contributed by atoms with Crippen LogP contribution in [0.3, 0.4) is 0 Å². The Hall–Kier alpha value is -1.51. The Labute approximate surface area is 65.7 Å². The summed E-state index contributed by atoms with van der Waals surface area (Å²) in [6.07, 6.45) is 0.622. The summed E-state index contributed by atoms with van der Waals surface area (Å²) >= 11 is 0. The van der Waals surface area contributed by atoms with Crippen LogP contribution in [-0.2, 0) is 6.42 Å². The summed E-state index contributed by atoms with van der Waals surface area (Å²) in [5, 5.41) is 3.38. The third kappa shape index (κ3) is 2.29. The topological polar surface area (TPSA) is 64.4 Å². The van der Waals surface area contributed by atoms with Gasteiger partial charge in [-0.15, -0.1) is 0 Å². The lowest BCUT2D eigenvalue weighted by atomic mass is 10.1. The number of rotatable bonds is 2. The molecule has 0 unspecified atom stereocenters. The molecule has 0 spiro atoms. The highest BCUT2D eigenvalue weighted by Gasteiger charge is 1.93. The molecule has 11 heavy (non-hydrogen) atoms. The molecule has 1 rings (SSSR count). The van der Waals surface area contributed by atoms with E-state index in [0.29, 0.717) is 12.3 Å². The van der Waals surface area contributed by atoms with Gasteiger partial charge < -0.3 is 11.6 Å². The number of hydrogen-bond acceptors (Lipinski definition) is 2. The molecule has 3 heteroatoms. The summed E-state index contributed by atoms with van der Waals surface area (Å²) in [5.41, 5.74) is 6.55. The van der Waals surface area contributed by atoms with Crippen LogP contribution in [0.1, 0.15) is 5.56 Å². The molecule has 0 aliphatic rings. The van der Waals surface area contributed by atoms with Crippen LogP contribution in [0, 0.1) is 0 Å². The molecule has 0 amide bonds. The molecule has 0 radical (unpaired) electrons. The molecule has 0 atom stereocenters. The van der Waals surface area contributed by atoms with Crippen molar-refractivity contribution in [1.29, 1.82) is 0 Å². The van der Waals surface area contributed by atoms with Crippen molar-refractivity contribution in [2.75, 3.05) is 0 Å². The van der Waals surface area contributed by atoms with E-state index >= 15 is 0 Å². The first kappa shape index (κ1) is 7.60. The normalized spacial score (nSPS) is 11.5. The number of amidine groups is 1. The van der Waals surface area contributed by atoms with E-state index < -0.39 is 0 Å². The second-order valence-electron chi connectivity index (χ2n) is 2.28. The van der Waals surface area contributed by atoms with Crippen molar-refractivity contribution in [3.63, 3.8) is 0 Å². The van der Waals surface area contributed by atoms with Crippen LogP contribution in [-0.4, -0.2) is 5.84 Å². The number of hydrazone groups is 1. The molecule has 58 valence electrons. The fourth-order valence-corrected chi connectivity index (χ4v) is 0.851. The molecule has 4 N–H and O–H groups in total. The quantitative estimate of drug-likeness (QED) is 0.278. The van der Waals surface area contributed by atoms with E-state index in [4.69, 9.17) is 11.6 Å².